The Hall–Kier alpha value is -1.55. The highest BCUT2D eigenvalue weighted by Gasteiger charge is 2.07. The van der Waals surface area contributed by atoms with E-state index >= 15 is 0 Å². The molecule has 0 saturated carbocycles. The third-order valence-electron chi connectivity index (χ3n) is 2.70. The standard InChI is InChI=1S/C14H8Cl3N3/c15-8-5-9(16)7-10(6-8)18-13-11-3-1-2-4-12(11)19-14(17)20-13/h1-7H,(H,18,19,20). The molecule has 0 bridgehead atoms. The fourth-order valence-corrected chi connectivity index (χ4v) is 2.61. The summed E-state index contributed by atoms with van der Waals surface area (Å²) >= 11 is 17.9. The molecule has 0 saturated heterocycles. The number of anilines is 2. The van der Waals surface area contributed by atoms with E-state index < -0.39 is 0 Å². The maximum atomic E-state index is 5.98. The second-order valence-electron chi connectivity index (χ2n) is 4.14. The SMILES string of the molecule is Clc1cc(Cl)cc(Nc2nc(Cl)nc3ccccc23)c1. The van der Waals surface area contributed by atoms with Crippen molar-refractivity contribution in [2.24, 2.45) is 0 Å². The molecule has 3 rings (SSSR count). The van der Waals surface area contributed by atoms with Crippen LogP contribution in [0, 0.1) is 0 Å². The van der Waals surface area contributed by atoms with Crippen LogP contribution in [0.2, 0.25) is 15.3 Å². The number of rotatable bonds is 2. The minimum atomic E-state index is 0.180. The van der Waals surface area contributed by atoms with Crippen LogP contribution in [-0.4, -0.2) is 9.97 Å². The third kappa shape index (κ3) is 2.80. The van der Waals surface area contributed by atoms with Gasteiger partial charge in [-0.3, -0.25) is 0 Å². The van der Waals surface area contributed by atoms with Crippen molar-refractivity contribution in [2.45, 2.75) is 0 Å². The van der Waals surface area contributed by atoms with Crippen LogP contribution >= 0.6 is 34.8 Å². The molecule has 0 fully saturated rings. The fraction of sp³-hybridized carbons (Fsp3) is 0. The molecule has 6 heteroatoms. The van der Waals surface area contributed by atoms with Gasteiger partial charge in [0.15, 0.2) is 0 Å². The Kier molecular flexibility index (Phi) is 3.66. The minimum absolute atomic E-state index is 0.180. The first-order chi connectivity index (χ1) is 9.61. The lowest BCUT2D eigenvalue weighted by Gasteiger charge is -2.09. The van der Waals surface area contributed by atoms with E-state index in [-0.39, 0.29) is 5.28 Å². The van der Waals surface area contributed by atoms with E-state index in [0.717, 1.165) is 16.6 Å². The van der Waals surface area contributed by atoms with Crippen LogP contribution in [0.15, 0.2) is 42.5 Å². The largest absolute Gasteiger partial charge is 0.339 e. The molecule has 100 valence electrons. The van der Waals surface area contributed by atoms with Crippen molar-refractivity contribution in [3.8, 4) is 0 Å². The number of halogens is 3. The Labute approximate surface area is 130 Å². The normalized spacial score (nSPS) is 10.8. The van der Waals surface area contributed by atoms with Crippen molar-refractivity contribution in [1.82, 2.24) is 9.97 Å². The van der Waals surface area contributed by atoms with Gasteiger partial charge in [0.25, 0.3) is 0 Å². The molecule has 0 amide bonds. The first-order valence-electron chi connectivity index (χ1n) is 5.77. The first kappa shape index (κ1) is 13.4. The Morgan fingerprint density at radius 3 is 2.30 bits per heavy atom. The van der Waals surface area contributed by atoms with Crippen molar-refractivity contribution in [3.63, 3.8) is 0 Å². The van der Waals surface area contributed by atoms with E-state index in [1.165, 1.54) is 0 Å². The quantitative estimate of drug-likeness (QED) is 0.647. The molecule has 20 heavy (non-hydrogen) atoms. The Balaban J connectivity index is 2.10. The van der Waals surface area contributed by atoms with Crippen LogP contribution in [0.1, 0.15) is 0 Å². The molecule has 0 atom stereocenters. The summed E-state index contributed by atoms with van der Waals surface area (Å²) in [7, 11) is 0. The molecule has 2 aromatic carbocycles. The highest BCUT2D eigenvalue weighted by Crippen LogP contribution is 2.28. The summed E-state index contributed by atoms with van der Waals surface area (Å²) in [6.07, 6.45) is 0. The lowest BCUT2D eigenvalue weighted by molar-refractivity contribution is 1.22. The average Bonchev–Trinajstić information content (AvgIpc) is 2.37. The molecule has 1 N–H and O–H groups in total. The van der Waals surface area contributed by atoms with E-state index in [1.807, 2.05) is 24.3 Å². The van der Waals surface area contributed by atoms with E-state index in [4.69, 9.17) is 34.8 Å². The molecule has 0 aliphatic rings. The number of hydrogen-bond acceptors (Lipinski definition) is 3. The number of nitrogens with one attached hydrogen (secondary N) is 1. The molecule has 1 aromatic heterocycles. The molecule has 0 spiro atoms. The average molecular weight is 325 g/mol. The van der Waals surface area contributed by atoms with E-state index in [2.05, 4.69) is 15.3 Å². The molecule has 0 aliphatic heterocycles. The maximum absolute atomic E-state index is 5.98. The predicted octanol–water partition coefficient (Wildman–Crippen LogP) is 5.33. The number of aromatic nitrogens is 2. The van der Waals surface area contributed by atoms with Gasteiger partial charge >= 0.3 is 0 Å². The van der Waals surface area contributed by atoms with Gasteiger partial charge in [0.2, 0.25) is 5.28 Å². The van der Waals surface area contributed by atoms with Crippen LogP contribution in [0.5, 0.6) is 0 Å². The highest BCUT2D eigenvalue weighted by atomic mass is 35.5. The van der Waals surface area contributed by atoms with Crippen molar-refractivity contribution in [1.29, 1.82) is 0 Å². The van der Waals surface area contributed by atoms with Crippen molar-refractivity contribution >= 4 is 57.2 Å². The molecule has 3 aromatic rings. The molecule has 0 unspecified atom stereocenters. The summed E-state index contributed by atoms with van der Waals surface area (Å²) in [5.41, 5.74) is 1.51. The van der Waals surface area contributed by atoms with Gasteiger partial charge in [-0.2, -0.15) is 4.98 Å². The van der Waals surface area contributed by atoms with Crippen LogP contribution in [0.4, 0.5) is 11.5 Å². The van der Waals surface area contributed by atoms with Gasteiger partial charge < -0.3 is 5.32 Å². The second-order valence-corrected chi connectivity index (χ2v) is 5.35. The zero-order valence-electron chi connectivity index (χ0n) is 10.1. The third-order valence-corrected chi connectivity index (χ3v) is 3.31. The summed E-state index contributed by atoms with van der Waals surface area (Å²) in [6, 6.07) is 12.8. The molecule has 0 aliphatic carbocycles. The van der Waals surface area contributed by atoms with Gasteiger partial charge in [-0.25, -0.2) is 4.98 Å². The summed E-state index contributed by atoms with van der Waals surface area (Å²) < 4.78 is 0. The van der Waals surface area contributed by atoms with Crippen LogP contribution in [0.3, 0.4) is 0 Å². The minimum Gasteiger partial charge on any atom is -0.339 e. The summed E-state index contributed by atoms with van der Waals surface area (Å²) in [4.78, 5) is 8.39. The number of para-hydroxylation sites is 1. The van der Waals surface area contributed by atoms with Crippen LogP contribution in [0.25, 0.3) is 10.9 Å². The zero-order valence-corrected chi connectivity index (χ0v) is 12.3. The predicted molar refractivity (Wildman–Crippen MR) is 84.3 cm³/mol. The Bertz CT molecular complexity index is 769. The molecular formula is C14H8Cl3N3. The lowest BCUT2D eigenvalue weighted by Crippen LogP contribution is -1.97. The van der Waals surface area contributed by atoms with Crippen LogP contribution in [-0.2, 0) is 0 Å². The van der Waals surface area contributed by atoms with Gasteiger partial charge in [0.05, 0.1) is 5.52 Å². The number of fused-ring (bicyclic) bond motifs is 1. The topological polar surface area (TPSA) is 37.8 Å². The summed E-state index contributed by atoms with van der Waals surface area (Å²) in [5.74, 6) is 0.610. The van der Waals surface area contributed by atoms with Gasteiger partial charge in [0.1, 0.15) is 5.82 Å². The van der Waals surface area contributed by atoms with E-state index in [1.54, 1.807) is 18.2 Å². The van der Waals surface area contributed by atoms with Crippen molar-refractivity contribution < 1.29 is 0 Å². The fourth-order valence-electron chi connectivity index (χ4n) is 1.91. The molecular weight excluding hydrogens is 317 g/mol. The van der Waals surface area contributed by atoms with Gasteiger partial charge in [-0.05, 0) is 41.9 Å². The summed E-state index contributed by atoms with van der Waals surface area (Å²) in [5, 5.41) is 5.30. The molecule has 1 heterocycles. The summed E-state index contributed by atoms with van der Waals surface area (Å²) in [6.45, 7) is 0. The van der Waals surface area contributed by atoms with Gasteiger partial charge in [-0.15, -0.1) is 0 Å². The van der Waals surface area contributed by atoms with E-state index in [9.17, 15) is 0 Å². The molecule has 0 radical (unpaired) electrons. The smallest absolute Gasteiger partial charge is 0.224 e. The number of benzene rings is 2. The first-order valence-corrected chi connectivity index (χ1v) is 6.90. The lowest BCUT2D eigenvalue weighted by atomic mass is 10.2. The maximum Gasteiger partial charge on any atom is 0.224 e. The number of hydrogen-bond donors (Lipinski definition) is 1. The van der Waals surface area contributed by atoms with Crippen LogP contribution < -0.4 is 5.32 Å². The monoisotopic (exact) mass is 323 g/mol. The van der Waals surface area contributed by atoms with E-state index in [0.29, 0.717) is 15.9 Å². The van der Waals surface area contributed by atoms with Crippen molar-refractivity contribution in [3.05, 3.63) is 57.8 Å². The van der Waals surface area contributed by atoms with Gasteiger partial charge in [0, 0.05) is 21.1 Å². The Morgan fingerprint density at radius 2 is 1.55 bits per heavy atom. The van der Waals surface area contributed by atoms with Crippen molar-refractivity contribution in [2.75, 3.05) is 5.32 Å². The highest BCUT2D eigenvalue weighted by molar-refractivity contribution is 6.35. The second kappa shape index (κ2) is 5.44. The zero-order chi connectivity index (χ0) is 14.1. The molecule has 3 nitrogen and oxygen atoms in total. The van der Waals surface area contributed by atoms with Gasteiger partial charge in [-0.1, -0.05) is 35.3 Å². The Morgan fingerprint density at radius 1 is 0.850 bits per heavy atom. The number of nitrogens with zero attached hydrogens (tertiary/aromatic N) is 2.